The monoisotopic (exact) mass is 245 g/mol. The van der Waals surface area contributed by atoms with Crippen LogP contribution in [0, 0.1) is 6.92 Å². The Morgan fingerprint density at radius 1 is 1.33 bits per heavy atom. The van der Waals surface area contributed by atoms with Crippen LogP contribution in [-0.4, -0.2) is 29.0 Å². The molecule has 0 fully saturated rings. The summed E-state index contributed by atoms with van der Waals surface area (Å²) in [7, 11) is 0. The molecule has 2 N–H and O–H groups in total. The van der Waals surface area contributed by atoms with Crippen LogP contribution in [0.1, 0.15) is 19.5 Å². The van der Waals surface area contributed by atoms with Crippen LogP contribution in [0.4, 0.5) is 10.5 Å². The summed E-state index contributed by atoms with van der Waals surface area (Å²) in [5, 5.41) is 4.02. The van der Waals surface area contributed by atoms with Gasteiger partial charge in [-0.3, -0.25) is 0 Å². The third-order valence-corrected chi connectivity index (χ3v) is 3.09. The van der Waals surface area contributed by atoms with Gasteiger partial charge in [-0.25, -0.2) is 4.79 Å². The van der Waals surface area contributed by atoms with Crippen LogP contribution in [0.3, 0.4) is 0 Å². The van der Waals surface area contributed by atoms with Crippen molar-refractivity contribution in [1.82, 2.24) is 9.88 Å². The second-order valence-electron chi connectivity index (χ2n) is 4.32. The second kappa shape index (κ2) is 5.12. The Morgan fingerprint density at radius 2 is 2.06 bits per heavy atom. The number of H-pyrrole nitrogens is 1. The van der Waals surface area contributed by atoms with Crippen LogP contribution >= 0.6 is 0 Å². The van der Waals surface area contributed by atoms with E-state index in [0.717, 1.165) is 22.3 Å². The number of amides is 2. The van der Waals surface area contributed by atoms with E-state index in [2.05, 4.69) is 10.3 Å². The molecule has 0 spiro atoms. The lowest BCUT2D eigenvalue weighted by atomic mass is 10.2. The maximum Gasteiger partial charge on any atom is 0.321 e. The quantitative estimate of drug-likeness (QED) is 0.856. The number of carbonyl (C=O) groups is 1. The molecule has 0 aliphatic heterocycles. The third-order valence-electron chi connectivity index (χ3n) is 3.09. The third kappa shape index (κ3) is 2.32. The zero-order valence-corrected chi connectivity index (χ0v) is 11.1. The predicted octanol–water partition coefficient (Wildman–Crippen LogP) is 3.35. The first-order valence-electron chi connectivity index (χ1n) is 6.30. The van der Waals surface area contributed by atoms with Crippen molar-refractivity contribution in [1.29, 1.82) is 0 Å². The smallest absolute Gasteiger partial charge is 0.321 e. The molecule has 0 aliphatic carbocycles. The number of rotatable bonds is 3. The van der Waals surface area contributed by atoms with Gasteiger partial charge in [0.2, 0.25) is 0 Å². The number of hydrogen-bond donors (Lipinski definition) is 2. The highest BCUT2D eigenvalue weighted by atomic mass is 16.2. The highest BCUT2D eigenvalue weighted by molar-refractivity contribution is 6.00. The molecular weight excluding hydrogens is 226 g/mol. The Balaban J connectivity index is 2.29. The summed E-state index contributed by atoms with van der Waals surface area (Å²) in [6.45, 7) is 7.39. The fourth-order valence-corrected chi connectivity index (χ4v) is 2.11. The van der Waals surface area contributed by atoms with Crippen molar-refractivity contribution >= 4 is 22.6 Å². The van der Waals surface area contributed by atoms with Crippen molar-refractivity contribution in [3.8, 4) is 0 Å². The van der Waals surface area contributed by atoms with Gasteiger partial charge in [0.25, 0.3) is 0 Å². The van der Waals surface area contributed by atoms with E-state index in [1.54, 1.807) is 4.90 Å². The van der Waals surface area contributed by atoms with Crippen molar-refractivity contribution in [2.24, 2.45) is 0 Å². The number of anilines is 1. The highest BCUT2D eigenvalue weighted by Crippen LogP contribution is 2.24. The molecule has 0 saturated heterocycles. The van der Waals surface area contributed by atoms with Crippen LogP contribution in [0.25, 0.3) is 10.9 Å². The second-order valence-corrected chi connectivity index (χ2v) is 4.32. The van der Waals surface area contributed by atoms with Gasteiger partial charge in [0.1, 0.15) is 0 Å². The Morgan fingerprint density at radius 3 is 2.72 bits per heavy atom. The van der Waals surface area contributed by atoms with Crippen molar-refractivity contribution in [3.05, 3.63) is 30.0 Å². The SMILES string of the molecule is CCN(CC)C(=O)Nc1cccc2[nH]c(C)cc12. The molecule has 1 heterocycles. The Kier molecular flexibility index (Phi) is 3.55. The van der Waals surface area contributed by atoms with E-state index in [1.165, 1.54) is 0 Å². The Labute approximate surface area is 107 Å². The number of nitrogens with one attached hydrogen (secondary N) is 2. The summed E-state index contributed by atoms with van der Waals surface area (Å²) in [5.74, 6) is 0. The van der Waals surface area contributed by atoms with Gasteiger partial charge in [-0.15, -0.1) is 0 Å². The molecular formula is C14H19N3O. The zero-order valence-electron chi connectivity index (χ0n) is 11.1. The van der Waals surface area contributed by atoms with Gasteiger partial charge in [-0.2, -0.15) is 0 Å². The standard InChI is InChI=1S/C14H19N3O/c1-4-17(5-2)14(18)16-13-8-6-7-12-11(13)9-10(3)15-12/h6-9,15H,4-5H2,1-3H3,(H,16,18). The summed E-state index contributed by atoms with van der Waals surface area (Å²) >= 11 is 0. The molecule has 0 atom stereocenters. The van der Waals surface area contributed by atoms with E-state index >= 15 is 0 Å². The minimum atomic E-state index is -0.0497. The fourth-order valence-electron chi connectivity index (χ4n) is 2.11. The van der Waals surface area contributed by atoms with Gasteiger partial charge in [0.15, 0.2) is 0 Å². The molecule has 0 radical (unpaired) electrons. The molecule has 0 saturated carbocycles. The van der Waals surface area contributed by atoms with Crippen molar-refractivity contribution < 1.29 is 4.79 Å². The molecule has 2 amide bonds. The number of aryl methyl sites for hydroxylation is 1. The normalized spacial score (nSPS) is 10.6. The lowest BCUT2D eigenvalue weighted by Gasteiger charge is -2.19. The van der Waals surface area contributed by atoms with Gasteiger partial charge in [0, 0.05) is 29.7 Å². The molecule has 4 nitrogen and oxygen atoms in total. The number of carbonyl (C=O) groups excluding carboxylic acids is 1. The molecule has 2 rings (SSSR count). The van der Waals surface area contributed by atoms with Crippen LogP contribution in [0.15, 0.2) is 24.3 Å². The average Bonchev–Trinajstić information content (AvgIpc) is 2.72. The van der Waals surface area contributed by atoms with Crippen LogP contribution in [0.5, 0.6) is 0 Å². The average molecular weight is 245 g/mol. The van der Waals surface area contributed by atoms with E-state index in [4.69, 9.17) is 0 Å². The molecule has 4 heteroatoms. The largest absolute Gasteiger partial charge is 0.359 e. The number of aromatic nitrogens is 1. The Hall–Kier alpha value is -1.97. The van der Waals surface area contributed by atoms with E-state index < -0.39 is 0 Å². The summed E-state index contributed by atoms with van der Waals surface area (Å²) in [4.78, 5) is 17.1. The van der Waals surface area contributed by atoms with Gasteiger partial charge >= 0.3 is 6.03 Å². The molecule has 1 aromatic carbocycles. The van der Waals surface area contributed by atoms with E-state index in [9.17, 15) is 4.79 Å². The number of hydrogen-bond acceptors (Lipinski definition) is 1. The highest BCUT2D eigenvalue weighted by Gasteiger charge is 2.11. The lowest BCUT2D eigenvalue weighted by molar-refractivity contribution is 0.217. The molecule has 2 aromatic rings. The number of fused-ring (bicyclic) bond motifs is 1. The van der Waals surface area contributed by atoms with Gasteiger partial charge < -0.3 is 15.2 Å². The number of urea groups is 1. The topological polar surface area (TPSA) is 48.1 Å². The van der Waals surface area contributed by atoms with Crippen LogP contribution in [0.2, 0.25) is 0 Å². The predicted molar refractivity (Wildman–Crippen MR) is 75.0 cm³/mol. The molecule has 18 heavy (non-hydrogen) atoms. The summed E-state index contributed by atoms with van der Waals surface area (Å²) in [6, 6.07) is 7.88. The maximum absolute atomic E-state index is 12.0. The van der Waals surface area contributed by atoms with Gasteiger partial charge in [-0.05, 0) is 39.0 Å². The van der Waals surface area contributed by atoms with E-state index in [-0.39, 0.29) is 6.03 Å². The maximum atomic E-state index is 12.0. The van der Waals surface area contributed by atoms with Gasteiger partial charge in [0.05, 0.1) is 5.69 Å². The van der Waals surface area contributed by atoms with Crippen LogP contribution in [-0.2, 0) is 0 Å². The van der Waals surface area contributed by atoms with Crippen LogP contribution < -0.4 is 5.32 Å². The number of benzene rings is 1. The van der Waals surface area contributed by atoms with E-state index in [1.807, 2.05) is 45.0 Å². The molecule has 96 valence electrons. The van der Waals surface area contributed by atoms with Crippen molar-refractivity contribution in [3.63, 3.8) is 0 Å². The first-order valence-corrected chi connectivity index (χ1v) is 6.30. The minimum absolute atomic E-state index is 0.0497. The molecule has 1 aromatic heterocycles. The minimum Gasteiger partial charge on any atom is -0.359 e. The summed E-state index contributed by atoms with van der Waals surface area (Å²) in [5.41, 5.74) is 2.99. The molecule has 0 aliphatic rings. The van der Waals surface area contributed by atoms with Crippen molar-refractivity contribution in [2.45, 2.75) is 20.8 Å². The lowest BCUT2D eigenvalue weighted by Crippen LogP contribution is -2.34. The molecule has 0 unspecified atom stereocenters. The first kappa shape index (κ1) is 12.5. The Bertz CT molecular complexity index is 555. The number of nitrogens with zero attached hydrogens (tertiary/aromatic N) is 1. The van der Waals surface area contributed by atoms with Crippen molar-refractivity contribution in [2.75, 3.05) is 18.4 Å². The van der Waals surface area contributed by atoms with E-state index in [0.29, 0.717) is 13.1 Å². The summed E-state index contributed by atoms with van der Waals surface area (Å²) < 4.78 is 0. The first-order chi connectivity index (χ1) is 8.65. The van der Waals surface area contributed by atoms with Gasteiger partial charge in [-0.1, -0.05) is 6.07 Å². The number of aromatic amines is 1. The fraction of sp³-hybridized carbons (Fsp3) is 0.357. The summed E-state index contributed by atoms with van der Waals surface area (Å²) in [6.07, 6.45) is 0. The zero-order chi connectivity index (χ0) is 13.1. The molecule has 0 bridgehead atoms.